The molecule has 1 N–H and O–H groups in total. The summed E-state index contributed by atoms with van der Waals surface area (Å²) in [5, 5.41) is 0. The normalized spacial score (nSPS) is 15.3. The van der Waals surface area contributed by atoms with Crippen molar-refractivity contribution in [2.75, 3.05) is 13.1 Å². The molecule has 1 saturated heterocycles. The van der Waals surface area contributed by atoms with Crippen molar-refractivity contribution in [2.45, 2.75) is 26.3 Å². The van der Waals surface area contributed by atoms with E-state index in [2.05, 4.69) is 11.1 Å². The van der Waals surface area contributed by atoms with E-state index in [1.54, 1.807) is 0 Å². The summed E-state index contributed by atoms with van der Waals surface area (Å²) >= 11 is 5.33. The van der Waals surface area contributed by atoms with Crippen molar-refractivity contribution < 1.29 is 4.79 Å². The summed E-state index contributed by atoms with van der Waals surface area (Å²) in [4.78, 5) is 17.3. The standard InChI is InChI=1S/C14H17N3OS/c1-10-4-5-12-11(8-10)15-14(19)17(12)9-13(18)16-6-2-3-7-16/h4-5,8H,2-3,6-7,9H2,1H3,(H,15,19). The first-order chi connectivity index (χ1) is 9.15. The number of aryl methyl sites for hydroxylation is 1. The second-order valence-electron chi connectivity index (χ2n) is 5.12. The molecule has 1 aliphatic rings. The van der Waals surface area contributed by atoms with Gasteiger partial charge >= 0.3 is 0 Å². The van der Waals surface area contributed by atoms with Crippen molar-refractivity contribution >= 4 is 29.2 Å². The van der Waals surface area contributed by atoms with E-state index in [1.807, 2.05) is 28.5 Å². The van der Waals surface area contributed by atoms with Crippen molar-refractivity contribution in [1.29, 1.82) is 0 Å². The van der Waals surface area contributed by atoms with Gasteiger partial charge < -0.3 is 14.5 Å². The lowest BCUT2D eigenvalue weighted by molar-refractivity contribution is -0.130. The molecule has 0 atom stereocenters. The zero-order chi connectivity index (χ0) is 13.4. The van der Waals surface area contributed by atoms with Gasteiger partial charge in [-0.25, -0.2) is 0 Å². The zero-order valence-electron chi connectivity index (χ0n) is 11.0. The first-order valence-corrected chi connectivity index (χ1v) is 7.03. The molecule has 2 heterocycles. The lowest BCUT2D eigenvalue weighted by Crippen LogP contribution is -2.31. The highest BCUT2D eigenvalue weighted by atomic mass is 32.1. The number of fused-ring (bicyclic) bond motifs is 1. The van der Waals surface area contributed by atoms with Crippen LogP contribution in [0.3, 0.4) is 0 Å². The molecule has 5 heteroatoms. The van der Waals surface area contributed by atoms with Crippen LogP contribution in [0.4, 0.5) is 0 Å². The average molecular weight is 275 g/mol. The van der Waals surface area contributed by atoms with Gasteiger partial charge in [-0.1, -0.05) is 6.07 Å². The molecule has 1 aliphatic heterocycles. The molecular weight excluding hydrogens is 258 g/mol. The molecule has 1 aromatic carbocycles. The van der Waals surface area contributed by atoms with Gasteiger partial charge in [0.1, 0.15) is 6.54 Å². The maximum atomic E-state index is 12.2. The molecule has 0 unspecified atom stereocenters. The van der Waals surface area contributed by atoms with Crippen LogP contribution in [0.15, 0.2) is 18.2 Å². The number of hydrogen-bond donors (Lipinski definition) is 1. The van der Waals surface area contributed by atoms with Gasteiger partial charge in [-0.3, -0.25) is 4.79 Å². The molecule has 0 spiro atoms. The molecule has 0 radical (unpaired) electrons. The van der Waals surface area contributed by atoms with Crippen LogP contribution in [-0.4, -0.2) is 33.4 Å². The number of amides is 1. The van der Waals surface area contributed by atoms with Crippen molar-refractivity contribution in [3.8, 4) is 0 Å². The van der Waals surface area contributed by atoms with Gasteiger partial charge in [0.05, 0.1) is 11.0 Å². The summed E-state index contributed by atoms with van der Waals surface area (Å²) in [5.41, 5.74) is 3.18. The second kappa shape index (κ2) is 4.81. The number of nitrogens with one attached hydrogen (secondary N) is 1. The van der Waals surface area contributed by atoms with E-state index in [-0.39, 0.29) is 5.91 Å². The molecule has 0 saturated carbocycles. The number of aromatic amines is 1. The second-order valence-corrected chi connectivity index (χ2v) is 5.51. The Morgan fingerprint density at radius 3 is 2.84 bits per heavy atom. The SMILES string of the molecule is Cc1ccc2c(c1)[nH]c(=S)n2CC(=O)N1CCCC1. The van der Waals surface area contributed by atoms with Crippen LogP contribution in [0.2, 0.25) is 0 Å². The van der Waals surface area contributed by atoms with Gasteiger partial charge in [0, 0.05) is 13.1 Å². The largest absolute Gasteiger partial charge is 0.341 e. The topological polar surface area (TPSA) is 41.0 Å². The summed E-state index contributed by atoms with van der Waals surface area (Å²) in [7, 11) is 0. The number of nitrogens with zero attached hydrogens (tertiary/aromatic N) is 2. The monoisotopic (exact) mass is 275 g/mol. The van der Waals surface area contributed by atoms with Crippen molar-refractivity contribution in [3.63, 3.8) is 0 Å². The highest BCUT2D eigenvalue weighted by Gasteiger charge is 2.19. The van der Waals surface area contributed by atoms with Crippen LogP contribution in [0.25, 0.3) is 11.0 Å². The maximum Gasteiger partial charge on any atom is 0.242 e. The minimum absolute atomic E-state index is 0.162. The molecule has 2 aromatic rings. The predicted molar refractivity (Wildman–Crippen MR) is 77.7 cm³/mol. The van der Waals surface area contributed by atoms with E-state index < -0.39 is 0 Å². The predicted octanol–water partition coefficient (Wildman–Crippen LogP) is 2.63. The number of benzene rings is 1. The van der Waals surface area contributed by atoms with Crippen LogP contribution in [0.5, 0.6) is 0 Å². The van der Waals surface area contributed by atoms with Gasteiger partial charge in [0.15, 0.2) is 4.77 Å². The summed E-state index contributed by atoms with van der Waals surface area (Å²) in [5.74, 6) is 0.162. The number of likely N-dealkylation sites (tertiary alicyclic amines) is 1. The van der Waals surface area contributed by atoms with Crippen LogP contribution in [0.1, 0.15) is 18.4 Å². The van der Waals surface area contributed by atoms with Crippen molar-refractivity contribution in [3.05, 3.63) is 28.5 Å². The summed E-state index contributed by atoms with van der Waals surface area (Å²) in [6, 6.07) is 6.12. The van der Waals surface area contributed by atoms with E-state index in [9.17, 15) is 4.79 Å². The van der Waals surface area contributed by atoms with Crippen molar-refractivity contribution in [1.82, 2.24) is 14.5 Å². The molecule has 1 amide bonds. The third kappa shape index (κ3) is 2.30. The summed E-state index contributed by atoms with van der Waals surface area (Å²) in [6.07, 6.45) is 2.23. The number of hydrogen-bond acceptors (Lipinski definition) is 2. The first-order valence-electron chi connectivity index (χ1n) is 6.62. The Morgan fingerprint density at radius 2 is 2.11 bits per heavy atom. The van der Waals surface area contributed by atoms with E-state index >= 15 is 0 Å². The van der Waals surface area contributed by atoms with Crippen LogP contribution >= 0.6 is 12.2 Å². The Balaban J connectivity index is 1.94. The molecular formula is C14H17N3OS. The Bertz CT molecular complexity index is 680. The fourth-order valence-corrected chi connectivity index (χ4v) is 2.91. The smallest absolute Gasteiger partial charge is 0.242 e. The highest BCUT2D eigenvalue weighted by Crippen LogP contribution is 2.17. The number of H-pyrrole nitrogens is 1. The van der Waals surface area contributed by atoms with E-state index in [0.29, 0.717) is 11.3 Å². The number of aromatic nitrogens is 2. The van der Waals surface area contributed by atoms with Crippen LogP contribution in [-0.2, 0) is 11.3 Å². The molecule has 1 aromatic heterocycles. The summed E-state index contributed by atoms with van der Waals surface area (Å²) in [6.45, 7) is 4.15. The molecule has 0 aliphatic carbocycles. The third-order valence-corrected chi connectivity index (χ3v) is 4.00. The minimum atomic E-state index is 0.162. The van der Waals surface area contributed by atoms with Crippen molar-refractivity contribution in [2.24, 2.45) is 0 Å². The number of carbonyl (C=O) groups excluding carboxylic acids is 1. The van der Waals surface area contributed by atoms with Gasteiger partial charge in [0.2, 0.25) is 5.91 Å². The molecule has 3 rings (SSSR count). The van der Waals surface area contributed by atoms with E-state index in [4.69, 9.17) is 12.2 Å². The number of imidazole rings is 1. The third-order valence-electron chi connectivity index (χ3n) is 3.68. The Morgan fingerprint density at radius 1 is 1.37 bits per heavy atom. The molecule has 1 fully saturated rings. The van der Waals surface area contributed by atoms with Gasteiger partial charge in [0.25, 0.3) is 0 Å². The van der Waals surface area contributed by atoms with Gasteiger partial charge in [-0.05, 0) is 49.7 Å². The fraction of sp³-hybridized carbons (Fsp3) is 0.429. The zero-order valence-corrected chi connectivity index (χ0v) is 11.8. The Hall–Kier alpha value is -1.62. The highest BCUT2D eigenvalue weighted by molar-refractivity contribution is 7.71. The fourth-order valence-electron chi connectivity index (χ4n) is 2.64. The quantitative estimate of drug-likeness (QED) is 0.856. The Kier molecular flexibility index (Phi) is 3.14. The maximum absolute atomic E-state index is 12.2. The minimum Gasteiger partial charge on any atom is -0.341 e. The van der Waals surface area contributed by atoms with Gasteiger partial charge in [-0.15, -0.1) is 0 Å². The summed E-state index contributed by atoms with van der Waals surface area (Å²) < 4.78 is 2.51. The van der Waals surface area contributed by atoms with Crippen LogP contribution < -0.4 is 0 Å². The molecule has 4 nitrogen and oxygen atoms in total. The number of rotatable bonds is 2. The molecule has 19 heavy (non-hydrogen) atoms. The lowest BCUT2D eigenvalue weighted by atomic mass is 10.2. The average Bonchev–Trinajstić information content (AvgIpc) is 2.98. The first kappa shape index (κ1) is 12.4. The van der Waals surface area contributed by atoms with Gasteiger partial charge in [-0.2, -0.15) is 0 Å². The van der Waals surface area contributed by atoms with E-state index in [0.717, 1.165) is 37.0 Å². The molecule has 0 bridgehead atoms. The Labute approximate surface area is 117 Å². The van der Waals surface area contributed by atoms with E-state index in [1.165, 1.54) is 5.56 Å². The number of carbonyl (C=O) groups is 1. The lowest BCUT2D eigenvalue weighted by Gasteiger charge is -2.15. The van der Waals surface area contributed by atoms with Crippen LogP contribution in [0, 0.1) is 11.7 Å². The molecule has 100 valence electrons.